The molecule has 0 unspecified atom stereocenters. The second kappa shape index (κ2) is 9.39. The summed E-state index contributed by atoms with van der Waals surface area (Å²) >= 11 is 1.92. The van der Waals surface area contributed by atoms with Crippen molar-refractivity contribution in [2.45, 2.75) is 0 Å². The van der Waals surface area contributed by atoms with Crippen LogP contribution in [0.3, 0.4) is 0 Å². The smallest absolute Gasteiger partial charge is 0.0434 e. The van der Waals surface area contributed by atoms with Crippen molar-refractivity contribution < 1.29 is 0 Å². The molecular formula is C46H26S. The van der Waals surface area contributed by atoms with Gasteiger partial charge < -0.3 is 0 Å². The zero-order valence-corrected chi connectivity index (χ0v) is 26.2. The van der Waals surface area contributed by atoms with Gasteiger partial charge in [0.25, 0.3) is 0 Å². The summed E-state index contributed by atoms with van der Waals surface area (Å²) in [5.41, 5.74) is 5.04. The van der Waals surface area contributed by atoms with Crippen LogP contribution in [0.25, 0.3) is 107 Å². The number of thiophene rings is 1. The van der Waals surface area contributed by atoms with Gasteiger partial charge in [-0.05, 0) is 105 Å². The van der Waals surface area contributed by atoms with Gasteiger partial charge in [0.1, 0.15) is 0 Å². The van der Waals surface area contributed by atoms with Crippen LogP contribution in [-0.2, 0) is 0 Å². The quantitative estimate of drug-likeness (QED) is 0.135. The predicted octanol–water partition coefficient (Wildman–Crippen LogP) is 13.7. The molecule has 10 aromatic carbocycles. The first kappa shape index (κ1) is 25.4. The third-order valence-electron chi connectivity index (χ3n) is 10.4. The number of hydrogen-bond acceptors (Lipinski definition) is 1. The van der Waals surface area contributed by atoms with Crippen molar-refractivity contribution in [3.63, 3.8) is 0 Å². The lowest BCUT2D eigenvalue weighted by Gasteiger charge is -2.19. The van der Waals surface area contributed by atoms with Gasteiger partial charge in [-0.1, -0.05) is 140 Å². The maximum absolute atomic E-state index is 2.44. The number of fused-ring (bicyclic) bond motifs is 11. The molecule has 0 aliphatic heterocycles. The molecule has 0 radical (unpaired) electrons. The molecule has 0 amide bonds. The van der Waals surface area contributed by atoms with Gasteiger partial charge in [-0.2, -0.15) is 0 Å². The van der Waals surface area contributed by atoms with E-state index >= 15 is 0 Å². The molecule has 0 saturated carbocycles. The van der Waals surface area contributed by atoms with Crippen molar-refractivity contribution in [2.24, 2.45) is 0 Å². The van der Waals surface area contributed by atoms with Crippen LogP contribution < -0.4 is 0 Å². The molecule has 0 atom stereocenters. The van der Waals surface area contributed by atoms with Gasteiger partial charge in [-0.25, -0.2) is 0 Å². The highest BCUT2D eigenvalue weighted by molar-refractivity contribution is 7.27. The van der Waals surface area contributed by atoms with Crippen LogP contribution >= 0.6 is 11.3 Å². The summed E-state index contributed by atoms with van der Waals surface area (Å²) in [6, 6.07) is 58.9. The van der Waals surface area contributed by atoms with Gasteiger partial charge in [0.2, 0.25) is 0 Å². The Labute approximate surface area is 275 Å². The predicted molar refractivity (Wildman–Crippen MR) is 206 cm³/mol. The largest absolute Gasteiger partial charge is 0.134 e. The van der Waals surface area contributed by atoms with Crippen LogP contribution in [0.2, 0.25) is 0 Å². The number of rotatable bonds is 2. The van der Waals surface area contributed by atoms with Crippen LogP contribution in [-0.4, -0.2) is 0 Å². The van der Waals surface area contributed by atoms with Gasteiger partial charge in [0, 0.05) is 20.2 Å². The standard InChI is InChI=1S/C46H26S/c1-2-13-31-27(10-1)22-23-40-39-21-8-18-32(46(39)47-45(31)40)29-12-7-11-28(24-29)30-25-41-35-16-5-3-14-33(35)37-19-9-20-38-34-15-4-6-17-36(34)42(26-30)44(41)43(37)38/h1-26H. The van der Waals surface area contributed by atoms with Gasteiger partial charge >= 0.3 is 0 Å². The highest BCUT2D eigenvalue weighted by Gasteiger charge is 2.19. The van der Waals surface area contributed by atoms with Gasteiger partial charge in [-0.15, -0.1) is 11.3 Å². The van der Waals surface area contributed by atoms with Crippen LogP contribution in [0.15, 0.2) is 158 Å². The molecule has 47 heavy (non-hydrogen) atoms. The Bertz CT molecular complexity index is 2960. The summed E-state index contributed by atoms with van der Waals surface area (Å²) in [5, 5.41) is 18.6. The number of benzene rings is 10. The molecule has 0 nitrogen and oxygen atoms in total. The normalized spacial score (nSPS) is 12.3. The average Bonchev–Trinajstić information content (AvgIpc) is 3.54. The first-order valence-corrected chi connectivity index (χ1v) is 17.1. The highest BCUT2D eigenvalue weighted by atomic mass is 32.1. The molecule has 0 saturated heterocycles. The molecule has 1 heterocycles. The van der Waals surface area contributed by atoms with Crippen molar-refractivity contribution in [2.75, 3.05) is 0 Å². The van der Waals surface area contributed by atoms with E-state index in [1.54, 1.807) is 0 Å². The molecule has 0 spiro atoms. The molecule has 0 fully saturated rings. The average molecular weight is 611 g/mol. The van der Waals surface area contributed by atoms with Crippen molar-refractivity contribution >= 4 is 96.1 Å². The first-order chi connectivity index (χ1) is 23.3. The van der Waals surface area contributed by atoms with E-state index in [0.717, 1.165) is 0 Å². The summed E-state index contributed by atoms with van der Waals surface area (Å²) in [4.78, 5) is 0. The highest BCUT2D eigenvalue weighted by Crippen LogP contribution is 2.47. The monoisotopic (exact) mass is 610 g/mol. The van der Waals surface area contributed by atoms with Crippen molar-refractivity contribution in [1.29, 1.82) is 0 Å². The molecule has 11 aromatic rings. The third-order valence-corrected chi connectivity index (χ3v) is 11.7. The summed E-state index contributed by atoms with van der Waals surface area (Å²) in [5.74, 6) is 0. The summed E-state index contributed by atoms with van der Waals surface area (Å²) in [6.45, 7) is 0. The molecule has 216 valence electrons. The summed E-state index contributed by atoms with van der Waals surface area (Å²) in [6.07, 6.45) is 0. The fourth-order valence-electron chi connectivity index (χ4n) is 8.30. The Hall–Kier alpha value is -5.76. The fourth-order valence-corrected chi connectivity index (χ4v) is 9.67. The third kappa shape index (κ3) is 3.47. The maximum Gasteiger partial charge on any atom is 0.0434 e. The lowest BCUT2D eigenvalue weighted by atomic mass is 9.84. The van der Waals surface area contributed by atoms with Crippen molar-refractivity contribution in [3.8, 4) is 22.3 Å². The summed E-state index contributed by atoms with van der Waals surface area (Å²) < 4.78 is 2.72. The minimum absolute atomic E-state index is 1.24. The van der Waals surface area contributed by atoms with Crippen LogP contribution in [0.5, 0.6) is 0 Å². The molecule has 0 aliphatic rings. The van der Waals surface area contributed by atoms with Crippen LogP contribution in [0.4, 0.5) is 0 Å². The molecule has 0 N–H and O–H groups in total. The molecule has 1 aromatic heterocycles. The summed E-state index contributed by atoms with van der Waals surface area (Å²) in [7, 11) is 0. The maximum atomic E-state index is 2.44. The Balaban J connectivity index is 1.20. The van der Waals surface area contributed by atoms with Crippen LogP contribution in [0.1, 0.15) is 0 Å². The zero-order valence-electron chi connectivity index (χ0n) is 25.4. The van der Waals surface area contributed by atoms with Gasteiger partial charge in [0.15, 0.2) is 0 Å². The molecule has 11 rings (SSSR count). The Morgan fingerprint density at radius 2 is 0.787 bits per heavy atom. The Morgan fingerprint density at radius 3 is 1.51 bits per heavy atom. The molecule has 0 bridgehead atoms. The molecule has 1 heteroatoms. The van der Waals surface area contributed by atoms with E-state index in [4.69, 9.17) is 0 Å². The van der Waals surface area contributed by atoms with Gasteiger partial charge in [0.05, 0.1) is 0 Å². The lowest BCUT2D eigenvalue weighted by Crippen LogP contribution is -1.91. The minimum Gasteiger partial charge on any atom is -0.134 e. The van der Waals surface area contributed by atoms with Crippen molar-refractivity contribution in [1.82, 2.24) is 0 Å². The molecular weight excluding hydrogens is 585 g/mol. The van der Waals surface area contributed by atoms with Crippen molar-refractivity contribution in [3.05, 3.63) is 158 Å². The van der Waals surface area contributed by atoms with E-state index in [9.17, 15) is 0 Å². The zero-order chi connectivity index (χ0) is 30.6. The molecule has 0 aliphatic carbocycles. The van der Waals surface area contributed by atoms with E-state index < -0.39 is 0 Å². The minimum atomic E-state index is 1.24. The van der Waals surface area contributed by atoms with Gasteiger partial charge in [-0.3, -0.25) is 0 Å². The fraction of sp³-hybridized carbons (Fsp3) is 0. The van der Waals surface area contributed by atoms with E-state index in [-0.39, 0.29) is 0 Å². The number of hydrogen-bond donors (Lipinski definition) is 0. The van der Waals surface area contributed by atoms with E-state index in [1.807, 2.05) is 11.3 Å². The second-order valence-corrected chi connectivity index (χ2v) is 13.8. The van der Waals surface area contributed by atoms with Crippen LogP contribution in [0, 0.1) is 0 Å². The lowest BCUT2D eigenvalue weighted by molar-refractivity contribution is 1.64. The second-order valence-electron chi connectivity index (χ2n) is 12.8. The van der Waals surface area contributed by atoms with E-state index in [1.165, 1.54) is 107 Å². The first-order valence-electron chi connectivity index (χ1n) is 16.3. The topological polar surface area (TPSA) is 0 Å². The van der Waals surface area contributed by atoms with E-state index in [0.29, 0.717) is 0 Å². The SMILES string of the molecule is c1cc(-c2cc3c4ccccc4c4cccc5c6ccccc6c(c2)c3c45)cc(-c2cccc3c2sc2c4ccccc4ccc32)c1. The Morgan fingerprint density at radius 1 is 0.277 bits per heavy atom. The van der Waals surface area contributed by atoms with E-state index in [2.05, 4.69) is 158 Å². The Kier molecular flexibility index (Phi) is 5.08.